The molecular weight excluding hydrogens is 176 g/mol. The van der Waals surface area contributed by atoms with Gasteiger partial charge in [0.05, 0.1) is 6.61 Å². The normalized spacial score (nSPS) is 17.8. The average molecular weight is 192 g/mol. The van der Waals surface area contributed by atoms with E-state index in [9.17, 15) is 0 Å². The number of hydrogen-bond donors (Lipinski definition) is 1. The SMILES string of the molecule is OCC(COc1ccccc1)C1CC1. The lowest BCUT2D eigenvalue weighted by atomic mass is 10.1. The first-order valence-corrected chi connectivity index (χ1v) is 5.19. The fraction of sp³-hybridized carbons (Fsp3) is 0.500. The van der Waals surface area contributed by atoms with Gasteiger partial charge >= 0.3 is 0 Å². The van der Waals surface area contributed by atoms with Crippen LogP contribution in [0.4, 0.5) is 0 Å². The maximum atomic E-state index is 9.13. The number of aliphatic hydroxyl groups excluding tert-OH is 1. The lowest BCUT2D eigenvalue weighted by Gasteiger charge is -2.14. The van der Waals surface area contributed by atoms with Crippen molar-refractivity contribution in [1.29, 1.82) is 0 Å². The zero-order valence-electron chi connectivity index (χ0n) is 8.23. The molecule has 1 unspecified atom stereocenters. The van der Waals surface area contributed by atoms with Gasteiger partial charge in [-0.15, -0.1) is 0 Å². The van der Waals surface area contributed by atoms with E-state index in [1.54, 1.807) is 0 Å². The number of ether oxygens (including phenoxy) is 1. The van der Waals surface area contributed by atoms with Crippen molar-refractivity contribution in [2.24, 2.45) is 11.8 Å². The second-order valence-electron chi connectivity index (χ2n) is 3.90. The largest absolute Gasteiger partial charge is 0.493 e. The summed E-state index contributed by atoms with van der Waals surface area (Å²) in [5.41, 5.74) is 0. The molecule has 0 saturated heterocycles. The van der Waals surface area contributed by atoms with Gasteiger partial charge < -0.3 is 9.84 Å². The molecule has 2 heteroatoms. The molecule has 0 aromatic heterocycles. The van der Waals surface area contributed by atoms with Crippen molar-refractivity contribution in [1.82, 2.24) is 0 Å². The van der Waals surface area contributed by atoms with Crippen molar-refractivity contribution in [3.63, 3.8) is 0 Å². The Kier molecular flexibility index (Phi) is 3.04. The molecule has 1 atom stereocenters. The highest BCUT2D eigenvalue weighted by molar-refractivity contribution is 5.20. The van der Waals surface area contributed by atoms with Crippen molar-refractivity contribution >= 4 is 0 Å². The predicted octanol–water partition coefficient (Wildman–Crippen LogP) is 2.08. The Hall–Kier alpha value is -1.02. The van der Waals surface area contributed by atoms with E-state index in [2.05, 4.69) is 0 Å². The smallest absolute Gasteiger partial charge is 0.119 e. The maximum absolute atomic E-state index is 9.13. The first kappa shape index (κ1) is 9.53. The Morgan fingerprint density at radius 3 is 2.57 bits per heavy atom. The molecule has 14 heavy (non-hydrogen) atoms. The Morgan fingerprint density at radius 1 is 1.29 bits per heavy atom. The van der Waals surface area contributed by atoms with Gasteiger partial charge in [0.25, 0.3) is 0 Å². The lowest BCUT2D eigenvalue weighted by molar-refractivity contribution is 0.147. The summed E-state index contributed by atoms with van der Waals surface area (Å²) >= 11 is 0. The van der Waals surface area contributed by atoms with Crippen molar-refractivity contribution < 1.29 is 9.84 Å². The summed E-state index contributed by atoms with van der Waals surface area (Å²) in [7, 11) is 0. The molecule has 1 aliphatic rings. The highest BCUT2D eigenvalue weighted by Crippen LogP contribution is 2.36. The molecule has 0 amide bonds. The molecule has 76 valence electrons. The van der Waals surface area contributed by atoms with Crippen LogP contribution in [-0.4, -0.2) is 18.3 Å². The zero-order chi connectivity index (χ0) is 9.80. The van der Waals surface area contributed by atoms with E-state index in [1.807, 2.05) is 30.3 Å². The van der Waals surface area contributed by atoms with Crippen molar-refractivity contribution in [2.75, 3.05) is 13.2 Å². The molecule has 0 spiro atoms. The van der Waals surface area contributed by atoms with Crippen LogP contribution in [0.5, 0.6) is 5.75 Å². The molecule has 0 heterocycles. The van der Waals surface area contributed by atoms with E-state index < -0.39 is 0 Å². The van der Waals surface area contributed by atoms with Crippen LogP contribution in [0, 0.1) is 11.8 Å². The number of para-hydroxylation sites is 1. The molecule has 1 saturated carbocycles. The summed E-state index contributed by atoms with van der Waals surface area (Å²) in [5.74, 6) is 1.92. The van der Waals surface area contributed by atoms with Crippen molar-refractivity contribution in [3.05, 3.63) is 30.3 Å². The summed E-state index contributed by atoms with van der Waals surface area (Å²) in [6.45, 7) is 0.892. The van der Waals surface area contributed by atoms with Gasteiger partial charge in [0.2, 0.25) is 0 Å². The van der Waals surface area contributed by atoms with E-state index in [0.29, 0.717) is 18.4 Å². The molecule has 1 N–H and O–H groups in total. The topological polar surface area (TPSA) is 29.5 Å². The summed E-state index contributed by atoms with van der Waals surface area (Å²) in [6, 6.07) is 9.78. The Balaban J connectivity index is 1.81. The van der Waals surface area contributed by atoms with Gasteiger partial charge in [-0.05, 0) is 30.9 Å². The average Bonchev–Trinajstić information content (AvgIpc) is 3.05. The molecule has 1 aromatic carbocycles. The van der Waals surface area contributed by atoms with Crippen LogP contribution in [0.2, 0.25) is 0 Å². The van der Waals surface area contributed by atoms with Gasteiger partial charge in [0, 0.05) is 12.5 Å². The van der Waals surface area contributed by atoms with Crippen molar-refractivity contribution in [2.45, 2.75) is 12.8 Å². The van der Waals surface area contributed by atoms with E-state index in [-0.39, 0.29) is 6.61 Å². The van der Waals surface area contributed by atoms with E-state index in [4.69, 9.17) is 9.84 Å². The monoisotopic (exact) mass is 192 g/mol. The fourth-order valence-electron chi connectivity index (χ4n) is 1.63. The highest BCUT2D eigenvalue weighted by atomic mass is 16.5. The highest BCUT2D eigenvalue weighted by Gasteiger charge is 2.30. The van der Waals surface area contributed by atoms with Crippen LogP contribution >= 0.6 is 0 Å². The third kappa shape index (κ3) is 2.48. The number of benzene rings is 1. The molecule has 1 aliphatic carbocycles. The van der Waals surface area contributed by atoms with E-state index >= 15 is 0 Å². The number of aliphatic hydroxyl groups is 1. The van der Waals surface area contributed by atoms with Crippen LogP contribution in [0.15, 0.2) is 30.3 Å². The summed E-state index contributed by atoms with van der Waals surface area (Å²) in [4.78, 5) is 0. The van der Waals surface area contributed by atoms with Gasteiger partial charge in [0.15, 0.2) is 0 Å². The van der Waals surface area contributed by atoms with Crippen LogP contribution < -0.4 is 4.74 Å². The predicted molar refractivity (Wildman–Crippen MR) is 55.2 cm³/mol. The Morgan fingerprint density at radius 2 is 2.00 bits per heavy atom. The number of hydrogen-bond acceptors (Lipinski definition) is 2. The minimum Gasteiger partial charge on any atom is -0.493 e. The van der Waals surface area contributed by atoms with Crippen LogP contribution in [0.1, 0.15) is 12.8 Å². The maximum Gasteiger partial charge on any atom is 0.119 e. The van der Waals surface area contributed by atoms with Crippen molar-refractivity contribution in [3.8, 4) is 5.75 Å². The Bertz CT molecular complexity index is 267. The second-order valence-corrected chi connectivity index (χ2v) is 3.90. The third-order valence-electron chi connectivity index (χ3n) is 2.73. The quantitative estimate of drug-likeness (QED) is 0.774. The van der Waals surface area contributed by atoms with E-state index in [0.717, 1.165) is 5.75 Å². The molecule has 2 nitrogen and oxygen atoms in total. The van der Waals surface area contributed by atoms with Gasteiger partial charge in [-0.3, -0.25) is 0 Å². The molecule has 1 fully saturated rings. The van der Waals surface area contributed by atoms with Gasteiger partial charge in [-0.25, -0.2) is 0 Å². The lowest BCUT2D eigenvalue weighted by Crippen LogP contribution is -2.17. The Labute approximate surface area is 84.5 Å². The first-order valence-electron chi connectivity index (χ1n) is 5.19. The van der Waals surface area contributed by atoms with Crippen LogP contribution in [0.3, 0.4) is 0 Å². The minimum atomic E-state index is 0.248. The van der Waals surface area contributed by atoms with Gasteiger partial charge in [0.1, 0.15) is 5.75 Å². The van der Waals surface area contributed by atoms with Gasteiger partial charge in [-0.1, -0.05) is 18.2 Å². The minimum absolute atomic E-state index is 0.248. The van der Waals surface area contributed by atoms with Crippen LogP contribution in [0.25, 0.3) is 0 Å². The molecular formula is C12H16O2. The summed E-state index contributed by atoms with van der Waals surface area (Å²) < 4.78 is 5.60. The van der Waals surface area contributed by atoms with Crippen LogP contribution in [-0.2, 0) is 0 Å². The fourth-order valence-corrected chi connectivity index (χ4v) is 1.63. The number of rotatable bonds is 5. The second kappa shape index (κ2) is 4.47. The zero-order valence-corrected chi connectivity index (χ0v) is 8.23. The first-order chi connectivity index (χ1) is 6.90. The molecule has 0 radical (unpaired) electrons. The molecule has 1 aromatic rings. The van der Waals surface area contributed by atoms with Gasteiger partial charge in [-0.2, -0.15) is 0 Å². The summed E-state index contributed by atoms with van der Waals surface area (Å²) in [6.07, 6.45) is 2.51. The molecule has 0 bridgehead atoms. The standard InChI is InChI=1S/C12H16O2/c13-8-11(10-6-7-10)9-14-12-4-2-1-3-5-12/h1-5,10-11,13H,6-9H2. The van der Waals surface area contributed by atoms with E-state index in [1.165, 1.54) is 12.8 Å². The molecule has 2 rings (SSSR count). The third-order valence-corrected chi connectivity index (χ3v) is 2.73. The molecule has 0 aliphatic heterocycles. The summed E-state index contributed by atoms with van der Waals surface area (Å²) in [5, 5.41) is 9.13.